The van der Waals surface area contributed by atoms with Gasteiger partial charge in [0.25, 0.3) is 5.91 Å². The van der Waals surface area contributed by atoms with Gasteiger partial charge in [0.05, 0.1) is 6.42 Å². The predicted octanol–water partition coefficient (Wildman–Crippen LogP) is 3.91. The summed E-state index contributed by atoms with van der Waals surface area (Å²) in [5, 5.41) is 7.48. The van der Waals surface area contributed by atoms with Crippen molar-refractivity contribution < 1.29 is 19.1 Å². The summed E-state index contributed by atoms with van der Waals surface area (Å²) in [5.41, 5.74) is 2.00. The molecule has 0 fully saturated rings. The number of rotatable bonds is 6. The van der Waals surface area contributed by atoms with E-state index in [1.54, 1.807) is 24.3 Å². The molecule has 0 saturated carbocycles. The van der Waals surface area contributed by atoms with Crippen LogP contribution in [0.25, 0.3) is 10.8 Å². The van der Waals surface area contributed by atoms with Gasteiger partial charge < -0.3 is 15.4 Å². The highest BCUT2D eigenvalue weighted by molar-refractivity contribution is 5.96. The van der Waals surface area contributed by atoms with Crippen LogP contribution in [0.2, 0.25) is 0 Å². The van der Waals surface area contributed by atoms with Crippen LogP contribution in [-0.4, -0.2) is 23.9 Å². The Balaban J connectivity index is 1.54. The molecule has 0 aliphatic carbocycles. The van der Waals surface area contributed by atoms with Gasteiger partial charge in [-0.3, -0.25) is 14.4 Å². The highest BCUT2D eigenvalue weighted by Crippen LogP contribution is 2.17. The summed E-state index contributed by atoms with van der Waals surface area (Å²) in [6, 6.07) is 20.3. The largest absolute Gasteiger partial charge is 0.452 e. The fourth-order valence-electron chi connectivity index (χ4n) is 2.89. The smallest absolute Gasteiger partial charge is 0.311 e. The molecule has 0 spiro atoms. The number of anilines is 2. The molecule has 0 aliphatic heterocycles. The van der Waals surface area contributed by atoms with E-state index >= 15 is 0 Å². The van der Waals surface area contributed by atoms with E-state index in [0.29, 0.717) is 11.4 Å². The first-order chi connectivity index (χ1) is 13.9. The van der Waals surface area contributed by atoms with E-state index in [1.807, 2.05) is 42.5 Å². The third-order valence-corrected chi connectivity index (χ3v) is 4.31. The second kappa shape index (κ2) is 9.01. The molecular weight excluding hydrogens is 368 g/mol. The summed E-state index contributed by atoms with van der Waals surface area (Å²) in [4.78, 5) is 35.5. The molecule has 29 heavy (non-hydrogen) atoms. The van der Waals surface area contributed by atoms with Gasteiger partial charge in [-0.2, -0.15) is 0 Å². The zero-order chi connectivity index (χ0) is 20.8. The number of carbonyl (C=O) groups excluding carboxylic acids is 3. The van der Waals surface area contributed by atoms with E-state index in [2.05, 4.69) is 10.6 Å². The highest BCUT2D eigenvalue weighted by atomic mass is 16.5. The van der Waals surface area contributed by atoms with Crippen LogP contribution in [-0.2, 0) is 25.5 Å². The second-order valence-electron chi connectivity index (χ2n) is 6.74. The molecule has 0 bridgehead atoms. The molecule has 0 heterocycles. The fourth-order valence-corrected chi connectivity index (χ4v) is 2.89. The lowest BCUT2D eigenvalue weighted by atomic mass is 10.1. The van der Waals surface area contributed by atoms with Gasteiger partial charge in [0.1, 0.15) is 0 Å². The highest BCUT2D eigenvalue weighted by Gasteiger charge is 2.18. The first-order valence-corrected chi connectivity index (χ1v) is 9.26. The van der Waals surface area contributed by atoms with Gasteiger partial charge in [0.2, 0.25) is 5.91 Å². The van der Waals surface area contributed by atoms with Crippen LogP contribution >= 0.6 is 0 Å². The number of hydrogen-bond acceptors (Lipinski definition) is 4. The van der Waals surface area contributed by atoms with Gasteiger partial charge in [-0.25, -0.2) is 0 Å². The molecule has 1 atom stereocenters. The molecule has 0 aromatic heterocycles. The Morgan fingerprint density at radius 2 is 1.48 bits per heavy atom. The standard InChI is InChI=1S/C23H22N2O4/c1-15(23(28)25-21-11-9-20(10-12-21)24-16(2)26)29-22(27)14-17-7-8-18-5-3-4-6-19(18)13-17/h3-13,15H,14H2,1-2H3,(H,24,26)(H,25,28)/t15-/m0/s1. The Bertz CT molecular complexity index is 1040. The number of benzene rings is 3. The summed E-state index contributed by atoms with van der Waals surface area (Å²) in [5.74, 6) is -1.07. The molecule has 3 aromatic carbocycles. The molecule has 2 amide bonds. The molecule has 6 heteroatoms. The molecular formula is C23H22N2O4. The van der Waals surface area contributed by atoms with Crippen molar-refractivity contribution in [3.63, 3.8) is 0 Å². The van der Waals surface area contributed by atoms with E-state index in [4.69, 9.17) is 4.74 Å². The summed E-state index contributed by atoms with van der Waals surface area (Å²) in [7, 11) is 0. The Morgan fingerprint density at radius 3 is 2.14 bits per heavy atom. The molecule has 3 rings (SSSR count). The Hall–Kier alpha value is -3.67. The zero-order valence-corrected chi connectivity index (χ0v) is 16.3. The van der Waals surface area contributed by atoms with Crippen molar-refractivity contribution in [3.8, 4) is 0 Å². The molecule has 6 nitrogen and oxygen atoms in total. The van der Waals surface area contributed by atoms with Crippen LogP contribution in [0, 0.1) is 0 Å². The van der Waals surface area contributed by atoms with Gasteiger partial charge in [-0.05, 0) is 47.5 Å². The van der Waals surface area contributed by atoms with Crippen molar-refractivity contribution in [1.82, 2.24) is 0 Å². The van der Waals surface area contributed by atoms with Crippen LogP contribution in [0.15, 0.2) is 66.7 Å². The van der Waals surface area contributed by atoms with E-state index in [0.717, 1.165) is 16.3 Å². The lowest BCUT2D eigenvalue weighted by molar-refractivity contribution is -0.152. The lowest BCUT2D eigenvalue weighted by Gasteiger charge is -2.14. The van der Waals surface area contributed by atoms with E-state index in [9.17, 15) is 14.4 Å². The first kappa shape index (κ1) is 20.1. The molecule has 0 aliphatic rings. The SMILES string of the molecule is CC(=O)Nc1ccc(NC(=O)[C@H](C)OC(=O)Cc2ccc3ccccc3c2)cc1. The molecule has 148 valence electrons. The topological polar surface area (TPSA) is 84.5 Å². The van der Waals surface area contributed by atoms with E-state index < -0.39 is 18.0 Å². The predicted molar refractivity (Wildman–Crippen MR) is 113 cm³/mol. The van der Waals surface area contributed by atoms with Gasteiger partial charge in [-0.1, -0.05) is 42.5 Å². The first-order valence-electron chi connectivity index (χ1n) is 9.26. The summed E-state index contributed by atoms with van der Waals surface area (Å²) >= 11 is 0. The molecule has 0 unspecified atom stereocenters. The second-order valence-corrected chi connectivity index (χ2v) is 6.74. The average Bonchev–Trinajstić information content (AvgIpc) is 2.68. The number of nitrogens with one attached hydrogen (secondary N) is 2. The third-order valence-electron chi connectivity index (χ3n) is 4.31. The third kappa shape index (κ3) is 5.65. The Morgan fingerprint density at radius 1 is 0.862 bits per heavy atom. The minimum Gasteiger partial charge on any atom is -0.452 e. The van der Waals surface area contributed by atoms with Crippen LogP contribution in [0.3, 0.4) is 0 Å². The number of ether oxygens (including phenoxy) is 1. The van der Waals surface area contributed by atoms with Crippen LogP contribution in [0.4, 0.5) is 11.4 Å². The van der Waals surface area contributed by atoms with E-state index in [1.165, 1.54) is 13.8 Å². The minimum absolute atomic E-state index is 0.0911. The number of hydrogen-bond donors (Lipinski definition) is 2. The maximum absolute atomic E-state index is 12.3. The van der Waals surface area contributed by atoms with Crippen molar-refractivity contribution in [2.24, 2.45) is 0 Å². The quantitative estimate of drug-likeness (QED) is 0.625. The minimum atomic E-state index is -0.932. The number of esters is 1. The van der Waals surface area contributed by atoms with Crippen molar-refractivity contribution in [2.45, 2.75) is 26.4 Å². The van der Waals surface area contributed by atoms with Crippen molar-refractivity contribution in [2.75, 3.05) is 10.6 Å². The molecule has 0 saturated heterocycles. The van der Waals surface area contributed by atoms with Crippen LogP contribution in [0.1, 0.15) is 19.4 Å². The normalized spacial score (nSPS) is 11.5. The maximum Gasteiger partial charge on any atom is 0.311 e. The molecule has 2 N–H and O–H groups in total. The monoisotopic (exact) mass is 390 g/mol. The summed E-state index contributed by atoms with van der Waals surface area (Å²) in [6.07, 6.45) is -0.841. The maximum atomic E-state index is 12.3. The Labute approximate surface area is 168 Å². The van der Waals surface area contributed by atoms with E-state index in [-0.39, 0.29) is 12.3 Å². The van der Waals surface area contributed by atoms with Gasteiger partial charge in [0.15, 0.2) is 6.10 Å². The van der Waals surface area contributed by atoms with Gasteiger partial charge in [-0.15, -0.1) is 0 Å². The summed E-state index contributed by atoms with van der Waals surface area (Å²) in [6.45, 7) is 2.95. The average molecular weight is 390 g/mol. The number of fused-ring (bicyclic) bond motifs is 1. The summed E-state index contributed by atoms with van der Waals surface area (Å²) < 4.78 is 5.27. The van der Waals surface area contributed by atoms with Crippen molar-refractivity contribution in [3.05, 3.63) is 72.3 Å². The van der Waals surface area contributed by atoms with Crippen molar-refractivity contribution in [1.29, 1.82) is 0 Å². The van der Waals surface area contributed by atoms with Gasteiger partial charge >= 0.3 is 5.97 Å². The van der Waals surface area contributed by atoms with Crippen LogP contribution in [0.5, 0.6) is 0 Å². The molecule has 3 aromatic rings. The van der Waals surface area contributed by atoms with Crippen LogP contribution < -0.4 is 10.6 Å². The van der Waals surface area contributed by atoms with Crippen molar-refractivity contribution >= 4 is 39.9 Å². The fraction of sp³-hybridized carbons (Fsp3) is 0.174. The lowest BCUT2D eigenvalue weighted by Crippen LogP contribution is -2.30. The molecule has 0 radical (unpaired) electrons. The number of carbonyl (C=O) groups is 3. The Kier molecular flexibility index (Phi) is 6.24. The number of amides is 2. The zero-order valence-electron chi connectivity index (χ0n) is 16.3. The van der Waals surface area contributed by atoms with Gasteiger partial charge in [0, 0.05) is 18.3 Å².